The lowest BCUT2D eigenvalue weighted by Gasteiger charge is -2.12. The molecule has 140 valence electrons. The molecule has 3 aromatic carbocycles. The van der Waals surface area contributed by atoms with Gasteiger partial charge in [-0.05, 0) is 34.9 Å². The van der Waals surface area contributed by atoms with Crippen LogP contribution < -0.4 is 22.3 Å². The summed E-state index contributed by atoms with van der Waals surface area (Å²) in [4.78, 5) is 12.5. The number of amides is 2. The zero-order valence-corrected chi connectivity index (χ0v) is 15.0. The maximum absolute atomic E-state index is 12.5. The number of benzene rings is 3. The highest BCUT2D eigenvalue weighted by molar-refractivity contribution is 6.02. The van der Waals surface area contributed by atoms with Gasteiger partial charge in [0.1, 0.15) is 0 Å². The molecule has 0 radical (unpaired) electrons. The molecule has 0 saturated heterocycles. The van der Waals surface area contributed by atoms with E-state index in [9.17, 15) is 4.79 Å². The normalized spacial score (nSPS) is 11.0. The first-order valence-electron chi connectivity index (χ1n) is 8.53. The Morgan fingerprint density at radius 3 is 2.25 bits per heavy atom. The fraction of sp³-hybridized carbons (Fsp3) is 0. The lowest BCUT2D eigenvalue weighted by atomic mass is 10.0. The molecule has 0 atom stereocenters. The van der Waals surface area contributed by atoms with Crippen molar-refractivity contribution in [3.05, 3.63) is 83.9 Å². The van der Waals surface area contributed by atoms with Crippen molar-refractivity contribution in [1.82, 2.24) is 0 Å². The molecule has 28 heavy (non-hydrogen) atoms. The van der Waals surface area contributed by atoms with Crippen LogP contribution in [-0.4, -0.2) is 18.5 Å². The van der Waals surface area contributed by atoms with Gasteiger partial charge in [-0.1, -0.05) is 54.6 Å². The van der Waals surface area contributed by atoms with Crippen molar-refractivity contribution >= 4 is 29.8 Å². The molecule has 0 heterocycles. The Balaban J connectivity index is 1.77. The van der Waals surface area contributed by atoms with Crippen LogP contribution in [0.1, 0.15) is 11.1 Å². The first kappa shape index (κ1) is 18.7. The van der Waals surface area contributed by atoms with Crippen LogP contribution in [0.2, 0.25) is 0 Å². The van der Waals surface area contributed by atoms with Gasteiger partial charge in [0.05, 0.1) is 18.1 Å². The minimum Gasteiger partial charge on any atom is -0.323 e. The zero-order valence-electron chi connectivity index (χ0n) is 15.0. The van der Waals surface area contributed by atoms with Crippen molar-refractivity contribution in [1.29, 1.82) is 0 Å². The molecule has 7 nitrogen and oxygen atoms in total. The third kappa shape index (κ3) is 4.73. The fourth-order valence-electron chi connectivity index (χ4n) is 2.75. The smallest absolute Gasteiger partial charge is 0.323 e. The second-order valence-corrected chi connectivity index (χ2v) is 5.93. The molecule has 0 saturated carbocycles. The van der Waals surface area contributed by atoms with Crippen molar-refractivity contribution in [2.45, 2.75) is 0 Å². The van der Waals surface area contributed by atoms with Crippen LogP contribution in [0.25, 0.3) is 11.1 Å². The van der Waals surface area contributed by atoms with Crippen molar-refractivity contribution < 1.29 is 4.79 Å². The van der Waals surface area contributed by atoms with Crippen LogP contribution in [0.3, 0.4) is 0 Å². The number of nitrogens with one attached hydrogen (secondary N) is 2. The molecule has 0 aliphatic heterocycles. The van der Waals surface area contributed by atoms with Crippen molar-refractivity contribution in [3.8, 4) is 11.1 Å². The fourth-order valence-corrected chi connectivity index (χ4v) is 2.75. The minimum atomic E-state index is -0.346. The summed E-state index contributed by atoms with van der Waals surface area (Å²) in [5.41, 5.74) is 4.89. The van der Waals surface area contributed by atoms with Crippen LogP contribution in [0, 0.1) is 0 Å². The number of para-hydroxylation sites is 1. The summed E-state index contributed by atoms with van der Waals surface area (Å²) in [6, 6.07) is 22.2. The van der Waals surface area contributed by atoms with Crippen LogP contribution in [0.5, 0.6) is 0 Å². The Labute approximate surface area is 162 Å². The number of carbonyl (C=O) groups excluding carboxylic acids is 1. The third-order valence-corrected chi connectivity index (χ3v) is 3.99. The number of rotatable bonds is 5. The van der Waals surface area contributed by atoms with Crippen molar-refractivity contribution in [3.63, 3.8) is 0 Å². The lowest BCUT2D eigenvalue weighted by molar-refractivity contribution is 0.262. The number of anilines is 2. The highest BCUT2D eigenvalue weighted by atomic mass is 16.2. The van der Waals surface area contributed by atoms with Gasteiger partial charge in [0.2, 0.25) is 0 Å². The number of hydrazone groups is 2. The summed E-state index contributed by atoms with van der Waals surface area (Å²) in [5, 5.41) is 12.7. The lowest BCUT2D eigenvalue weighted by Crippen LogP contribution is -2.19. The molecular weight excluding hydrogens is 352 g/mol. The molecule has 2 amide bonds. The molecule has 3 rings (SSSR count). The quantitative estimate of drug-likeness (QED) is 0.311. The summed E-state index contributed by atoms with van der Waals surface area (Å²) < 4.78 is 0. The second-order valence-electron chi connectivity index (χ2n) is 5.93. The van der Waals surface area contributed by atoms with Gasteiger partial charge in [-0.3, -0.25) is 0 Å². The van der Waals surface area contributed by atoms with E-state index >= 15 is 0 Å². The molecule has 7 heteroatoms. The van der Waals surface area contributed by atoms with E-state index in [4.69, 9.17) is 11.7 Å². The van der Waals surface area contributed by atoms with E-state index in [0.29, 0.717) is 11.4 Å². The molecule has 3 aromatic rings. The van der Waals surface area contributed by atoms with Crippen molar-refractivity contribution in [2.75, 3.05) is 10.6 Å². The molecule has 0 aromatic heterocycles. The minimum absolute atomic E-state index is 0.346. The number of nitrogens with two attached hydrogens (primary N) is 2. The number of nitrogens with zero attached hydrogens (tertiary/aromatic N) is 2. The molecule has 0 spiro atoms. The second kappa shape index (κ2) is 9.00. The van der Waals surface area contributed by atoms with E-state index in [0.717, 1.165) is 22.3 Å². The summed E-state index contributed by atoms with van der Waals surface area (Å²) >= 11 is 0. The van der Waals surface area contributed by atoms with E-state index in [1.165, 1.54) is 6.21 Å². The highest BCUT2D eigenvalue weighted by Gasteiger charge is 2.09. The summed E-state index contributed by atoms with van der Waals surface area (Å²) in [7, 11) is 0. The summed E-state index contributed by atoms with van der Waals surface area (Å²) in [6.45, 7) is 0. The number of hydrogen-bond acceptors (Lipinski definition) is 5. The first-order chi connectivity index (χ1) is 13.7. The van der Waals surface area contributed by atoms with Crippen LogP contribution in [0.15, 0.2) is 83.0 Å². The standard InChI is InChI=1S/C21H20N6O/c22-24-13-15-8-10-17(11-9-15)19-6-1-2-7-20(19)27-21(28)26-18-5-3-4-16(12-18)14-25-23/h1-14H,22-23H2,(H2,26,27,28). The van der Waals surface area contributed by atoms with Gasteiger partial charge >= 0.3 is 6.03 Å². The van der Waals surface area contributed by atoms with Crippen LogP contribution in [-0.2, 0) is 0 Å². The Morgan fingerprint density at radius 2 is 1.50 bits per heavy atom. The third-order valence-electron chi connectivity index (χ3n) is 3.99. The summed E-state index contributed by atoms with van der Waals surface area (Å²) in [6.07, 6.45) is 3.09. The predicted octanol–water partition coefficient (Wildman–Crippen LogP) is 3.58. The molecule has 0 aliphatic carbocycles. The van der Waals surface area contributed by atoms with Gasteiger partial charge in [0, 0.05) is 11.3 Å². The molecule has 6 N–H and O–H groups in total. The molecule has 0 aliphatic rings. The zero-order chi connectivity index (χ0) is 19.8. The Morgan fingerprint density at radius 1 is 0.786 bits per heavy atom. The largest absolute Gasteiger partial charge is 0.323 e. The molecular formula is C21H20N6O. The summed E-state index contributed by atoms with van der Waals surface area (Å²) in [5.74, 6) is 10.3. The van der Waals surface area contributed by atoms with Crippen LogP contribution >= 0.6 is 0 Å². The molecule has 0 unspecified atom stereocenters. The topological polar surface area (TPSA) is 118 Å². The highest BCUT2D eigenvalue weighted by Crippen LogP contribution is 2.28. The molecule has 0 bridgehead atoms. The number of urea groups is 1. The van der Waals surface area contributed by atoms with E-state index in [-0.39, 0.29) is 6.03 Å². The Hall–Kier alpha value is -4.13. The van der Waals surface area contributed by atoms with Gasteiger partial charge in [-0.2, -0.15) is 10.2 Å². The molecule has 0 fully saturated rings. The number of carbonyl (C=O) groups is 1. The maximum Gasteiger partial charge on any atom is 0.323 e. The van der Waals surface area contributed by atoms with E-state index in [1.54, 1.807) is 18.3 Å². The average Bonchev–Trinajstić information content (AvgIpc) is 2.70. The van der Waals surface area contributed by atoms with Gasteiger partial charge in [-0.15, -0.1) is 0 Å². The monoisotopic (exact) mass is 372 g/mol. The first-order valence-corrected chi connectivity index (χ1v) is 8.53. The van der Waals surface area contributed by atoms with Gasteiger partial charge in [0.15, 0.2) is 0 Å². The predicted molar refractivity (Wildman–Crippen MR) is 115 cm³/mol. The number of hydrogen-bond donors (Lipinski definition) is 4. The Bertz CT molecular complexity index is 1010. The average molecular weight is 372 g/mol. The van der Waals surface area contributed by atoms with Gasteiger partial charge < -0.3 is 22.3 Å². The van der Waals surface area contributed by atoms with Gasteiger partial charge in [-0.25, -0.2) is 4.79 Å². The van der Waals surface area contributed by atoms with E-state index < -0.39 is 0 Å². The van der Waals surface area contributed by atoms with Crippen molar-refractivity contribution in [2.24, 2.45) is 21.9 Å². The van der Waals surface area contributed by atoms with E-state index in [1.807, 2.05) is 60.7 Å². The van der Waals surface area contributed by atoms with E-state index in [2.05, 4.69) is 20.8 Å². The SMILES string of the molecule is NN=Cc1ccc(-c2ccccc2NC(=O)Nc2cccc(C=NN)c2)cc1. The maximum atomic E-state index is 12.5. The van der Waals surface area contributed by atoms with Crippen LogP contribution in [0.4, 0.5) is 16.2 Å². The van der Waals surface area contributed by atoms with Gasteiger partial charge in [0.25, 0.3) is 0 Å². The Kier molecular flexibility index (Phi) is 5.99.